The number of rotatable bonds is 3. The molecule has 13 heavy (non-hydrogen) atoms. The SMILES string of the molecule is Cc1nnc(CNC(=O)C(C)C)o1. The number of nitrogens with zero attached hydrogens (tertiary/aromatic N) is 2. The van der Waals surface area contributed by atoms with Gasteiger partial charge in [0.1, 0.15) is 0 Å². The van der Waals surface area contributed by atoms with Crippen LogP contribution in [0.15, 0.2) is 4.42 Å². The summed E-state index contributed by atoms with van der Waals surface area (Å²) in [5, 5.41) is 10.1. The second-order valence-corrected chi connectivity index (χ2v) is 3.09. The summed E-state index contributed by atoms with van der Waals surface area (Å²) in [7, 11) is 0. The van der Waals surface area contributed by atoms with Crippen LogP contribution in [0.4, 0.5) is 0 Å². The maximum Gasteiger partial charge on any atom is 0.235 e. The molecule has 5 heteroatoms. The standard InChI is InChI=1S/C8H13N3O2/c1-5(2)8(12)9-4-7-11-10-6(3)13-7/h5H,4H2,1-3H3,(H,9,12). The number of hydrogen-bond donors (Lipinski definition) is 1. The zero-order chi connectivity index (χ0) is 9.84. The molecule has 0 saturated heterocycles. The molecule has 0 aliphatic heterocycles. The second kappa shape index (κ2) is 4.02. The van der Waals surface area contributed by atoms with Gasteiger partial charge in [-0.15, -0.1) is 10.2 Å². The third kappa shape index (κ3) is 2.85. The Morgan fingerprint density at radius 3 is 2.69 bits per heavy atom. The third-order valence-electron chi connectivity index (χ3n) is 1.51. The molecule has 0 radical (unpaired) electrons. The molecule has 0 aliphatic rings. The van der Waals surface area contributed by atoms with Gasteiger partial charge in [0.2, 0.25) is 17.7 Å². The predicted molar refractivity (Wildman–Crippen MR) is 45.7 cm³/mol. The highest BCUT2D eigenvalue weighted by atomic mass is 16.4. The summed E-state index contributed by atoms with van der Waals surface area (Å²) in [6, 6.07) is 0. The van der Waals surface area contributed by atoms with Crippen molar-refractivity contribution in [1.82, 2.24) is 15.5 Å². The Bertz CT molecular complexity index is 293. The molecule has 1 aromatic heterocycles. The fourth-order valence-corrected chi connectivity index (χ4v) is 0.776. The molecule has 1 heterocycles. The van der Waals surface area contributed by atoms with Crippen molar-refractivity contribution < 1.29 is 9.21 Å². The van der Waals surface area contributed by atoms with Crippen LogP contribution in [0, 0.1) is 12.8 Å². The summed E-state index contributed by atoms with van der Waals surface area (Å²) in [6.07, 6.45) is 0. The first kappa shape index (κ1) is 9.70. The Kier molecular flexibility index (Phi) is 3.00. The summed E-state index contributed by atoms with van der Waals surface area (Å²) >= 11 is 0. The molecule has 0 unspecified atom stereocenters. The number of aryl methyl sites for hydroxylation is 1. The molecular weight excluding hydrogens is 170 g/mol. The Morgan fingerprint density at radius 1 is 1.54 bits per heavy atom. The summed E-state index contributed by atoms with van der Waals surface area (Å²) < 4.78 is 5.08. The van der Waals surface area contributed by atoms with Gasteiger partial charge >= 0.3 is 0 Å². The molecule has 0 fully saturated rings. The van der Waals surface area contributed by atoms with E-state index in [1.165, 1.54) is 0 Å². The first-order valence-electron chi connectivity index (χ1n) is 4.16. The monoisotopic (exact) mass is 183 g/mol. The van der Waals surface area contributed by atoms with E-state index in [0.717, 1.165) is 0 Å². The molecule has 1 aromatic rings. The van der Waals surface area contributed by atoms with Crippen molar-refractivity contribution in [3.05, 3.63) is 11.8 Å². The first-order valence-corrected chi connectivity index (χ1v) is 4.16. The average molecular weight is 183 g/mol. The van der Waals surface area contributed by atoms with Crippen molar-refractivity contribution in [3.8, 4) is 0 Å². The Balaban J connectivity index is 2.39. The maximum absolute atomic E-state index is 11.1. The van der Waals surface area contributed by atoms with Crippen molar-refractivity contribution >= 4 is 5.91 Å². The number of carbonyl (C=O) groups is 1. The Hall–Kier alpha value is -1.39. The van der Waals surface area contributed by atoms with Crippen LogP contribution in [0.2, 0.25) is 0 Å². The smallest absolute Gasteiger partial charge is 0.235 e. The summed E-state index contributed by atoms with van der Waals surface area (Å²) in [5.41, 5.74) is 0. The summed E-state index contributed by atoms with van der Waals surface area (Å²) in [6.45, 7) is 5.67. The molecular formula is C8H13N3O2. The second-order valence-electron chi connectivity index (χ2n) is 3.09. The molecule has 0 aromatic carbocycles. The molecule has 0 bridgehead atoms. The van der Waals surface area contributed by atoms with Gasteiger partial charge in [-0.05, 0) is 0 Å². The fraction of sp³-hybridized carbons (Fsp3) is 0.625. The number of carbonyl (C=O) groups excluding carboxylic acids is 1. The van der Waals surface area contributed by atoms with E-state index in [2.05, 4.69) is 15.5 Å². The van der Waals surface area contributed by atoms with Crippen LogP contribution in [0.3, 0.4) is 0 Å². The summed E-state index contributed by atoms with van der Waals surface area (Å²) in [4.78, 5) is 11.1. The van der Waals surface area contributed by atoms with Gasteiger partial charge in [0.25, 0.3) is 0 Å². The molecule has 5 nitrogen and oxygen atoms in total. The van der Waals surface area contributed by atoms with Gasteiger partial charge in [0.15, 0.2) is 0 Å². The third-order valence-corrected chi connectivity index (χ3v) is 1.51. The highest BCUT2D eigenvalue weighted by Crippen LogP contribution is 1.98. The van der Waals surface area contributed by atoms with Gasteiger partial charge in [-0.25, -0.2) is 0 Å². The molecule has 0 saturated carbocycles. The van der Waals surface area contributed by atoms with Gasteiger partial charge < -0.3 is 9.73 Å². The Labute approximate surface area is 76.5 Å². The lowest BCUT2D eigenvalue weighted by Crippen LogP contribution is -2.27. The van der Waals surface area contributed by atoms with Gasteiger partial charge in [-0.1, -0.05) is 13.8 Å². The van der Waals surface area contributed by atoms with E-state index >= 15 is 0 Å². The number of nitrogens with one attached hydrogen (secondary N) is 1. The number of hydrogen-bond acceptors (Lipinski definition) is 4. The minimum atomic E-state index is -0.0241. The van der Waals surface area contributed by atoms with Gasteiger partial charge in [0.05, 0.1) is 6.54 Å². The molecule has 1 amide bonds. The lowest BCUT2D eigenvalue weighted by Gasteiger charge is -2.03. The zero-order valence-corrected chi connectivity index (χ0v) is 8.00. The predicted octanol–water partition coefficient (Wildman–Crippen LogP) is 0.650. The van der Waals surface area contributed by atoms with Crippen molar-refractivity contribution in [2.75, 3.05) is 0 Å². The van der Waals surface area contributed by atoms with E-state index < -0.39 is 0 Å². The van der Waals surface area contributed by atoms with E-state index in [1.54, 1.807) is 6.92 Å². The minimum Gasteiger partial charge on any atom is -0.424 e. The minimum absolute atomic E-state index is 0.0177. The number of amides is 1. The maximum atomic E-state index is 11.1. The van der Waals surface area contributed by atoms with E-state index in [4.69, 9.17) is 4.42 Å². The molecule has 0 spiro atoms. The van der Waals surface area contributed by atoms with E-state index in [0.29, 0.717) is 18.3 Å². The number of aromatic nitrogens is 2. The zero-order valence-electron chi connectivity index (χ0n) is 8.00. The summed E-state index contributed by atoms with van der Waals surface area (Å²) in [5.74, 6) is 0.903. The van der Waals surface area contributed by atoms with E-state index in [1.807, 2.05) is 13.8 Å². The van der Waals surface area contributed by atoms with Crippen LogP contribution in [-0.4, -0.2) is 16.1 Å². The lowest BCUT2D eigenvalue weighted by atomic mass is 10.2. The molecule has 0 atom stereocenters. The normalized spacial score (nSPS) is 10.5. The van der Waals surface area contributed by atoms with E-state index in [9.17, 15) is 4.79 Å². The Morgan fingerprint density at radius 2 is 2.23 bits per heavy atom. The lowest BCUT2D eigenvalue weighted by molar-refractivity contribution is -0.124. The van der Waals surface area contributed by atoms with Crippen LogP contribution < -0.4 is 5.32 Å². The van der Waals surface area contributed by atoms with Crippen LogP contribution in [0.1, 0.15) is 25.6 Å². The van der Waals surface area contributed by atoms with Crippen molar-refractivity contribution in [1.29, 1.82) is 0 Å². The largest absolute Gasteiger partial charge is 0.424 e. The van der Waals surface area contributed by atoms with Crippen molar-refractivity contribution in [3.63, 3.8) is 0 Å². The van der Waals surface area contributed by atoms with Crippen LogP contribution in [0.25, 0.3) is 0 Å². The highest BCUT2D eigenvalue weighted by Gasteiger charge is 2.08. The average Bonchev–Trinajstić information content (AvgIpc) is 2.47. The molecule has 1 N–H and O–H groups in total. The van der Waals surface area contributed by atoms with Gasteiger partial charge in [-0.3, -0.25) is 4.79 Å². The fourth-order valence-electron chi connectivity index (χ4n) is 0.776. The molecule has 72 valence electrons. The highest BCUT2D eigenvalue weighted by molar-refractivity contribution is 5.77. The molecule has 1 rings (SSSR count). The van der Waals surface area contributed by atoms with Crippen LogP contribution in [-0.2, 0) is 11.3 Å². The van der Waals surface area contributed by atoms with Crippen molar-refractivity contribution in [2.24, 2.45) is 5.92 Å². The topological polar surface area (TPSA) is 68.0 Å². The molecule has 0 aliphatic carbocycles. The van der Waals surface area contributed by atoms with Crippen LogP contribution >= 0.6 is 0 Å². The first-order chi connectivity index (χ1) is 6.09. The van der Waals surface area contributed by atoms with Crippen molar-refractivity contribution in [2.45, 2.75) is 27.3 Å². The van der Waals surface area contributed by atoms with Gasteiger partial charge in [0, 0.05) is 12.8 Å². The van der Waals surface area contributed by atoms with E-state index in [-0.39, 0.29) is 11.8 Å². The van der Waals surface area contributed by atoms with Crippen LogP contribution in [0.5, 0.6) is 0 Å². The quantitative estimate of drug-likeness (QED) is 0.747. The van der Waals surface area contributed by atoms with Gasteiger partial charge in [-0.2, -0.15) is 0 Å².